The lowest BCUT2D eigenvalue weighted by Crippen LogP contribution is -2.17. The van der Waals surface area contributed by atoms with E-state index in [9.17, 15) is 18.3 Å². The van der Waals surface area contributed by atoms with Gasteiger partial charge in [-0.25, -0.2) is 5.10 Å². The van der Waals surface area contributed by atoms with Crippen molar-refractivity contribution in [2.45, 2.75) is 13.2 Å². The average molecular weight is 286 g/mol. The fraction of sp³-hybridized carbons (Fsp3) is 0.250. The molecular weight excluding hydrogens is 281 g/mol. The van der Waals surface area contributed by atoms with Crippen LogP contribution in [0.2, 0.25) is 0 Å². The van der Waals surface area contributed by atoms with Gasteiger partial charge in [0.2, 0.25) is 5.88 Å². The van der Waals surface area contributed by atoms with E-state index in [4.69, 9.17) is 6.57 Å². The Morgan fingerprint density at radius 2 is 2.10 bits per heavy atom. The number of halogens is 3. The highest BCUT2D eigenvalue weighted by Gasteiger charge is 2.39. The number of aromatic hydroxyl groups is 1. The summed E-state index contributed by atoms with van der Waals surface area (Å²) in [6.07, 6.45) is -4.89. The number of aryl methyl sites for hydroxylation is 1. The zero-order valence-corrected chi connectivity index (χ0v) is 9.71. The van der Waals surface area contributed by atoms with Crippen LogP contribution in [0, 0.1) is 13.5 Å². The largest absolute Gasteiger partial charge is 0.519 e. The van der Waals surface area contributed by atoms with Crippen LogP contribution in [-0.2, 0) is 6.30 Å². The van der Waals surface area contributed by atoms with Gasteiger partial charge in [0, 0.05) is 0 Å². The Bertz CT molecular complexity index is 687. The minimum absolute atomic E-state index is 0.133. The van der Waals surface area contributed by atoms with Crippen LogP contribution in [0.15, 0.2) is 10.2 Å². The highest BCUT2D eigenvalue weighted by Crippen LogP contribution is 2.32. The van der Waals surface area contributed by atoms with Crippen molar-refractivity contribution in [1.82, 2.24) is 25.0 Å². The summed E-state index contributed by atoms with van der Waals surface area (Å²) in [6.45, 7) is 8.05. The lowest BCUT2D eigenvalue weighted by atomic mass is 10.4. The lowest BCUT2D eigenvalue weighted by Gasteiger charge is -2.01. The summed E-state index contributed by atoms with van der Waals surface area (Å²) < 4.78 is 37.3. The molecule has 0 radical (unpaired) electrons. The van der Waals surface area contributed by atoms with Gasteiger partial charge in [-0.2, -0.15) is 5.10 Å². The number of H-pyrrole nitrogens is 1. The van der Waals surface area contributed by atoms with E-state index in [0.29, 0.717) is 0 Å². The highest BCUT2D eigenvalue weighted by molar-refractivity contribution is 5.49. The highest BCUT2D eigenvalue weighted by atomic mass is 19.4. The Labute approximate surface area is 108 Å². The van der Waals surface area contributed by atoms with Crippen molar-refractivity contribution >= 4 is 17.6 Å². The van der Waals surface area contributed by atoms with E-state index >= 15 is 0 Å². The molecule has 0 aliphatic heterocycles. The van der Waals surface area contributed by atoms with Gasteiger partial charge >= 0.3 is 18.2 Å². The van der Waals surface area contributed by atoms with Crippen molar-refractivity contribution in [3.05, 3.63) is 17.1 Å². The summed E-state index contributed by atoms with van der Waals surface area (Å²) in [5.41, 5.74) is 0.0980. The minimum atomic E-state index is -4.89. The number of azo groups is 1. The van der Waals surface area contributed by atoms with E-state index in [0.717, 1.165) is 0 Å². The number of nitrogens with one attached hydrogen (secondary N) is 1. The number of hydrogen-bond donors (Lipinski definition) is 2. The molecule has 2 aromatic heterocycles. The maximum atomic E-state index is 12.6. The van der Waals surface area contributed by atoms with Crippen molar-refractivity contribution in [1.29, 1.82) is 0 Å². The molecule has 0 amide bonds. The Kier molecular flexibility index (Phi) is 3.10. The van der Waals surface area contributed by atoms with E-state index in [1.54, 1.807) is 0 Å². The molecule has 20 heavy (non-hydrogen) atoms. The maximum Gasteiger partial charge on any atom is 0.519 e. The second-order valence-electron chi connectivity index (χ2n) is 3.41. The third-order valence-electron chi connectivity index (χ3n) is 2.06. The van der Waals surface area contributed by atoms with Crippen LogP contribution in [-0.4, -0.2) is 30.1 Å². The zero-order chi connectivity index (χ0) is 14.9. The molecule has 12 heteroatoms. The quantitative estimate of drug-likeness (QED) is 0.652. The first kappa shape index (κ1) is 13.5. The third kappa shape index (κ3) is 2.41. The van der Waals surface area contributed by atoms with Gasteiger partial charge in [-0.15, -0.1) is 29.8 Å². The van der Waals surface area contributed by atoms with E-state index in [2.05, 4.69) is 35.4 Å². The molecule has 0 aliphatic rings. The van der Waals surface area contributed by atoms with Crippen LogP contribution in [0.1, 0.15) is 5.69 Å². The predicted molar refractivity (Wildman–Crippen MR) is 56.7 cm³/mol. The van der Waals surface area contributed by atoms with Gasteiger partial charge in [-0.1, -0.05) is 9.80 Å². The average Bonchev–Trinajstić information content (AvgIpc) is 2.91. The Hall–Kier alpha value is -2.97. The van der Waals surface area contributed by atoms with Crippen molar-refractivity contribution in [2.75, 3.05) is 0 Å². The maximum absolute atomic E-state index is 12.6. The first-order chi connectivity index (χ1) is 9.32. The van der Waals surface area contributed by atoms with Crippen molar-refractivity contribution in [2.24, 2.45) is 10.2 Å². The summed E-state index contributed by atoms with van der Waals surface area (Å²) in [5.74, 6) is -2.09. The zero-order valence-electron chi connectivity index (χ0n) is 9.71. The molecule has 0 bridgehead atoms. The molecule has 0 saturated heterocycles. The monoisotopic (exact) mass is 286 g/mol. The fourth-order valence-electron chi connectivity index (χ4n) is 1.20. The second-order valence-corrected chi connectivity index (χ2v) is 3.41. The van der Waals surface area contributed by atoms with Gasteiger partial charge in [0.05, 0.1) is 5.69 Å². The Morgan fingerprint density at radius 3 is 2.60 bits per heavy atom. The fourth-order valence-corrected chi connectivity index (χ4v) is 1.20. The smallest absolute Gasteiger partial charge is 0.492 e. The molecule has 0 aromatic carbocycles. The molecule has 0 unspecified atom stereocenters. The van der Waals surface area contributed by atoms with E-state index in [1.807, 2.05) is 0 Å². The number of aromatic nitrogens is 5. The number of aromatic amines is 1. The van der Waals surface area contributed by atoms with Crippen molar-refractivity contribution in [3.63, 3.8) is 0 Å². The van der Waals surface area contributed by atoms with Gasteiger partial charge in [0.25, 0.3) is 0 Å². The standard InChI is InChI=1S/C8H5F3N8O/c1-3-4(5(20)16-14-3)15-17-7-13-6(12-2)18-19(7)8(9,10)11/h1H3,(H2,14,16,20). The van der Waals surface area contributed by atoms with Gasteiger partial charge < -0.3 is 9.95 Å². The summed E-state index contributed by atoms with van der Waals surface area (Å²) in [6, 6.07) is 0. The molecule has 2 N–H and O–H groups in total. The molecule has 2 heterocycles. The van der Waals surface area contributed by atoms with Crippen LogP contribution >= 0.6 is 0 Å². The molecule has 0 atom stereocenters. The number of nitrogens with zero attached hydrogens (tertiary/aromatic N) is 7. The summed E-state index contributed by atoms with van der Waals surface area (Å²) in [4.78, 5) is 5.94. The van der Waals surface area contributed by atoms with E-state index in [-0.39, 0.29) is 11.4 Å². The molecule has 104 valence electrons. The van der Waals surface area contributed by atoms with Crippen LogP contribution in [0.4, 0.5) is 30.8 Å². The number of alkyl halides is 3. The van der Waals surface area contributed by atoms with Crippen LogP contribution in [0.3, 0.4) is 0 Å². The topological polar surface area (TPSA) is 109 Å². The van der Waals surface area contributed by atoms with Crippen LogP contribution in [0.25, 0.3) is 4.85 Å². The normalized spacial score (nSPS) is 11.9. The minimum Gasteiger partial charge on any atom is -0.492 e. The number of rotatable bonds is 2. The molecule has 2 aromatic rings. The Morgan fingerprint density at radius 1 is 1.40 bits per heavy atom. The molecule has 0 spiro atoms. The van der Waals surface area contributed by atoms with Crippen molar-refractivity contribution < 1.29 is 18.3 Å². The first-order valence-corrected chi connectivity index (χ1v) is 4.90. The van der Waals surface area contributed by atoms with E-state index < -0.39 is 28.8 Å². The third-order valence-corrected chi connectivity index (χ3v) is 2.06. The van der Waals surface area contributed by atoms with Gasteiger partial charge in [-0.3, -0.25) is 0 Å². The lowest BCUT2D eigenvalue weighted by molar-refractivity contribution is -0.210. The van der Waals surface area contributed by atoms with Crippen LogP contribution in [0.5, 0.6) is 5.88 Å². The second kappa shape index (κ2) is 4.61. The van der Waals surface area contributed by atoms with Gasteiger partial charge in [-0.05, 0) is 12.0 Å². The SMILES string of the molecule is [C-]#[N+]c1nc(N=Nc2c(C)n[nH]c2O)n(C(F)(F)F)n1. The first-order valence-electron chi connectivity index (χ1n) is 4.90. The molecule has 0 fully saturated rings. The van der Waals surface area contributed by atoms with Gasteiger partial charge in [0.15, 0.2) is 5.69 Å². The van der Waals surface area contributed by atoms with Crippen molar-refractivity contribution in [3.8, 4) is 5.88 Å². The molecule has 2 rings (SSSR count). The predicted octanol–water partition coefficient (Wildman–Crippen LogP) is 2.46. The molecule has 9 nitrogen and oxygen atoms in total. The van der Waals surface area contributed by atoms with E-state index in [1.165, 1.54) is 6.92 Å². The molecular formula is C8H5F3N8O. The molecule has 0 aliphatic carbocycles. The number of hydrogen-bond acceptors (Lipinski definition) is 6. The molecule has 0 saturated carbocycles. The van der Waals surface area contributed by atoms with Gasteiger partial charge in [0.1, 0.15) is 0 Å². The van der Waals surface area contributed by atoms with Crippen LogP contribution < -0.4 is 0 Å². The summed E-state index contributed by atoms with van der Waals surface area (Å²) in [7, 11) is 0. The summed E-state index contributed by atoms with van der Waals surface area (Å²) in [5, 5.41) is 24.6. The Balaban J connectivity index is 2.44. The summed E-state index contributed by atoms with van der Waals surface area (Å²) >= 11 is 0.